The summed E-state index contributed by atoms with van der Waals surface area (Å²) in [5.41, 5.74) is 1.27. The number of carboxylic acids is 1. The highest BCUT2D eigenvalue weighted by atomic mass is 35.5. The molecule has 0 heterocycles. The van der Waals surface area contributed by atoms with E-state index < -0.39 is 5.97 Å². The second-order valence-corrected chi connectivity index (χ2v) is 5.88. The number of carbonyl (C=O) groups is 2. The zero-order chi connectivity index (χ0) is 18.9. The lowest BCUT2D eigenvalue weighted by Crippen LogP contribution is -2.15. The maximum absolute atomic E-state index is 12.3. The van der Waals surface area contributed by atoms with Crippen LogP contribution in [0.1, 0.15) is 22.3 Å². The molecule has 0 fully saturated rings. The molecule has 0 saturated heterocycles. The van der Waals surface area contributed by atoms with E-state index in [4.69, 9.17) is 21.1 Å². The summed E-state index contributed by atoms with van der Waals surface area (Å²) in [5.74, 6) is -0.890. The number of amides is 1. The normalized spacial score (nSPS) is 10.4. The molecule has 0 aliphatic carbocycles. The van der Waals surface area contributed by atoms with Gasteiger partial charge in [-0.2, -0.15) is 0 Å². The summed E-state index contributed by atoms with van der Waals surface area (Å²) in [6.45, 7) is 0.694. The van der Waals surface area contributed by atoms with Crippen molar-refractivity contribution in [1.82, 2.24) is 0 Å². The molecule has 7 heteroatoms. The van der Waals surface area contributed by atoms with Crippen LogP contribution in [0.25, 0.3) is 0 Å². The molecule has 0 radical (unpaired) electrons. The van der Waals surface area contributed by atoms with Crippen molar-refractivity contribution in [3.05, 3.63) is 58.6 Å². The fourth-order valence-corrected chi connectivity index (χ4v) is 2.62. The first kappa shape index (κ1) is 19.8. The molecule has 0 atom stereocenters. The topological polar surface area (TPSA) is 84.9 Å². The Kier molecular flexibility index (Phi) is 7.44. The van der Waals surface area contributed by atoms with Crippen LogP contribution < -0.4 is 10.1 Å². The monoisotopic (exact) mass is 377 g/mol. The molecular formula is C19H20ClNO5. The number of hydrogen-bond acceptors (Lipinski definition) is 4. The molecule has 0 aliphatic rings. The van der Waals surface area contributed by atoms with Crippen LogP contribution in [0, 0.1) is 0 Å². The van der Waals surface area contributed by atoms with Crippen LogP contribution in [0.15, 0.2) is 42.5 Å². The minimum Gasteiger partial charge on any atom is -0.487 e. The Hall–Kier alpha value is -2.57. The number of anilines is 1. The van der Waals surface area contributed by atoms with E-state index in [1.807, 2.05) is 0 Å². The van der Waals surface area contributed by atoms with E-state index in [0.29, 0.717) is 41.7 Å². The van der Waals surface area contributed by atoms with Crippen molar-refractivity contribution >= 4 is 29.2 Å². The lowest BCUT2D eigenvalue weighted by molar-refractivity contribution is -0.116. The van der Waals surface area contributed by atoms with Crippen LogP contribution in [0.4, 0.5) is 5.69 Å². The zero-order valence-electron chi connectivity index (χ0n) is 14.3. The van der Waals surface area contributed by atoms with Gasteiger partial charge in [0.15, 0.2) is 5.75 Å². The van der Waals surface area contributed by atoms with Gasteiger partial charge in [-0.25, -0.2) is 4.79 Å². The van der Waals surface area contributed by atoms with Crippen molar-refractivity contribution in [1.29, 1.82) is 0 Å². The number of benzene rings is 2. The van der Waals surface area contributed by atoms with Gasteiger partial charge in [0.05, 0.1) is 22.9 Å². The first-order valence-electron chi connectivity index (χ1n) is 8.04. The predicted octanol–water partition coefficient (Wildman–Crippen LogP) is 3.63. The van der Waals surface area contributed by atoms with Gasteiger partial charge in [0.2, 0.25) is 5.91 Å². The van der Waals surface area contributed by atoms with Crippen LogP contribution in [-0.4, -0.2) is 37.3 Å². The van der Waals surface area contributed by atoms with Gasteiger partial charge in [-0.3, -0.25) is 4.79 Å². The molecule has 138 valence electrons. The number of carbonyl (C=O) groups excluding carboxylic acids is 1. The largest absolute Gasteiger partial charge is 0.487 e. The SMILES string of the molecule is COCCOc1c(Cl)cccc1NC(=O)CCc1ccccc1C(=O)O. The van der Waals surface area contributed by atoms with Crippen LogP contribution in [-0.2, 0) is 16.0 Å². The first-order chi connectivity index (χ1) is 12.5. The quantitative estimate of drug-likeness (QED) is 0.652. The maximum Gasteiger partial charge on any atom is 0.335 e. The van der Waals surface area contributed by atoms with E-state index in [9.17, 15) is 14.7 Å². The van der Waals surface area contributed by atoms with Crippen molar-refractivity contribution in [3.63, 3.8) is 0 Å². The van der Waals surface area contributed by atoms with Gasteiger partial charge in [0.1, 0.15) is 6.61 Å². The smallest absolute Gasteiger partial charge is 0.335 e. The Balaban J connectivity index is 2.02. The van der Waals surface area contributed by atoms with Gasteiger partial charge < -0.3 is 19.9 Å². The molecule has 0 unspecified atom stereocenters. The van der Waals surface area contributed by atoms with E-state index in [2.05, 4.69) is 5.32 Å². The Bertz CT molecular complexity index is 778. The molecule has 0 spiro atoms. The molecule has 2 N–H and O–H groups in total. The molecule has 0 bridgehead atoms. The number of aromatic carboxylic acids is 1. The molecule has 26 heavy (non-hydrogen) atoms. The number of aryl methyl sites for hydroxylation is 1. The number of hydrogen-bond donors (Lipinski definition) is 2. The van der Waals surface area contributed by atoms with Crippen LogP contribution >= 0.6 is 11.6 Å². The predicted molar refractivity (Wildman–Crippen MR) is 99.2 cm³/mol. The van der Waals surface area contributed by atoms with Crippen molar-refractivity contribution < 1.29 is 24.2 Å². The van der Waals surface area contributed by atoms with Gasteiger partial charge in [0, 0.05) is 13.5 Å². The summed E-state index contributed by atoms with van der Waals surface area (Å²) in [7, 11) is 1.56. The standard InChI is InChI=1S/C19H20ClNO5/c1-25-11-12-26-18-15(20)7-4-8-16(18)21-17(22)10-9-13-5-2-3-6-14(13)19(23)24/h2-8H,9-12H2,1H3,(H,21,22)(H,23,24). The number of methoxy groups -OCH3 is 1. The second kappa shape index (κ2) is 9.79. The highest BCUT2D eigenvalue weighted by Crippen LogP contribution is 2.33. The van der Waals surface area contributed by atoms with E-state index in [0.717, 1.165) is 0 Å². The first-order valence-corrected chi connectivity index (χ1v) is 8.42. The van der Waals surface area contributed by atoms with Crippen LogP contribution in [0.2, 0.25) is 5.02 Å². The van der Waals surface area contributed by atoms with E-state index >= 15 is 0 Å². The molecule has 1 amide bonds. The maximum atomic E-state index is 12.3. The fourth-order valence-electron chi connectivity index (χ4n) is 2.39. The minimum atomic E-state index is -1.01. The van der Waals surface area contributed by atoms with Crippen LogP contribution in [0.5, 0.6) is 5.75 Å². The molecule has 0 saturated carbocycles. The minimum absolute atomic E-state index is 0.133. The Morgan fingerprint density at radius 2 is 1.88 bits per heavy atom. The third-order valence-corrected chi connectivity index (χ3v) is 3.94. The lowest BCUT2D eigenvalue weighted by Gasteiger charge is -2.14. The van der Waals surface area contributed by atoms with Crippen LogP contribution in [0.3, 0.4) is 0 Å². The number of halogens is 1. The van der Waals surface area contributed by atoms with Crippen molar-refractivity contribution in [2.75, 3.05) is 25.6 Å². The van der Waals surface area contributed by atoms with Crippen molar-refractivity contribution in [2.24, 2.45) is 0 Å². The highest BCUT2D eigenvalue weighted by Gasteiger charge is 2.14. The molecule has 2 rings (SSSR count). The average molecular weight is 378 g/mol. The molecule has 6 nitrogen and oxygen atoms in total. The molecule has 0 aromatic heterocycles. The molecular weight excluding hydrogens is 358 g/mol. The Morgan fingerprint density at radius 1 is 1.12 bits per heavy atom. The number of rotatable bonds is 9. The number of nitrogens with one attached hydrogen (secondary N) is 1. The van der Waals surface area contributed by atoms with Gasteiger partial charge in [-0.1, -0.05) is 35.9 Å². The summed E-state index contributed by atoms with van der Waals surface area (Å²) < 4.78 is 10.5. The fraction of sp³-hybridized carbons (Fsp3) is 0.263. The van der Waals surface area contributed by atoms with Crippen molar-refractivity contribution in [3.8, 4) is 5.75 Å². The Morgan fingerprint density at radius 3 is 2.62 bits per heavy atom. The summed E-state index contributed by atoms with van der Waals surface area (Å²) in [6, 6.07) is 11.7. The average Bonchev–Trinajstić information content (AvgIpc) is 2.62. The number of para-hydroxylation sites is 1. The van der Waals surface area contributed by atoms with Crippen molar-refractivity contribution in [2.45, 2.75) is 12.8 Å². The van der Waals surface area contributed by atoms with Gasteiger partial charge >= 0.3 is 5.97 Å². The highest BCUT2D eigenvalue weighted by molar-refractivity contribution is 6.32. The van der Waals surface area contributed by atoms with Gasteiger partial charge in [-0.15, -0.1) is 0 Å². The third-order valence-electron chi connectivity index (χ3n) is 3.64. The number of carboxylic acid groups (broad SMARTS) is 1. The molecule has 0 aliphatic heterocycles. The Labute approximate surface area is 156 Å². The summed E-state index contributed by atoms with van der Waals surface area (Å²) in [5, 5.41) is 12.3. The van der Waals surface area contributed by atoms with Gasteiger partial charge in [0.25, 0.3) is 0 Å². The van der Waals surface area contributed by atoms with Gasteiger partial charge in [-0.05, 0) is 30.2 Å². The van der Waals surface area contributed by atoms with E-state index in [1.165, 1.54) is 6.07 Å². The second-order valence-electron chi connectivity index (χ2n) is 5.47. The van der Waals surface area contributed by atoms with E-state index in [1.54, 1.807) is 43.5 Å². The lowest BCUT2D eigenvalue weighted by atomic mass is 10.0. The molecule has 2 aromatic carbocycles. The molecule has 2 aromatic rings. The number of ether oxygens (including phenoxy) is 2. The summed E-state index contributed by atoms with van der Waals surface area (Å²) >= 11 is 6.14. The third kappa shape index (κ3) is 5.47. The summed E-state index contributed by atoms with van der Waals surface area (Å²) in [4.78, 5) is 23.5. The zero-order valence-corrected chi connectivity index (χ0v) is 15.1. The van der Waals surface area contributed by atoms with E-state index in [-0.39, 0.29) is 17.9 Å². The summed E-state index contributed by atoms with van der Waals surface area (Å²) in [6.07, 6.45) is 0.447.